The van der Waals surface area contributed by atoms with Gasteiger partial charge < -0.3 is 9.84 Å². The lowest BCUT2D eigenvalue weighted by atomic mass is 9.92. The van der Waals surface area contributed by atoms with Gasteiger partial charge >= 0.3 is 5.97 Å². The maximum absolute atomic E-state index is 11.9. The van der Waals surface area contributed by atoms with Crippen molar-refractivity contribution in [2.75, 3.05) is 7.11 Å². The van der Waals surface area contributed by atoms with Crippen LogP contribution in [0.5, 0.6) is 5.75 Å². The van der Waals surface area contributed by atoms with Crippen molar-refractivity contribution in [2.45, 2.75) is 6.92 Å². The number of carbonyl (C=O) groups is 2. The number of methoxy groups -OCH3 is 1. The Labute approximate surface area is 116 Å². The number of ether oxygens (including phenoxy) is 1. The molecule has 0 unspecified atom stereocenters. The summed E-state index contributed by atoms with van der Waals surface area (Å²) < 4.78 is 5.28. The van der Waals surface area contributed by atoms with Crippen LogP contribution in [0.1, 0.15) is 27.6 Å². The second-order valence-corrected chi connectivity index (χ2v) is 4.29. The third-order valence-corrected chi connectivity index (χ3v) is 3.03. The number of Topliss-reactive ketones (excluding diaryl/α,β-unsaturated/α-hetero) is 1. The number of aromatic carboxylic acids is 1. The van der Waals surface area contributed by atoms with Crippen molar-refractivity contribution in [2.24, 2.45) is 0 Å². The Morgan fingerprint density at radius 2 is 1.70 bits per heavy atom. The molecular formula is C16H14O4. The molecule has 2 rings (SSSR count). The van der Waals surface area contributed by atoms with Crippen LogP contribution in [0.2, 0.25) is 0 Å². The van der Waals surface area contributed by atoms with E-state index in [0.29, 0.717) is 11.3 Å². The molecule has 0 fully saturated rings. The van der Waals surface area contributed by atoms with Gasteiger partial charge in [-0.15, -0.1) is 0 Å². The molecule has 4 nitrogen and oxygen atoms in total. The monoisotopic (exact) mass is 270 g/mol. The van der Waals surface area contributed by atoms with Crippen LogP contribution in [-0.2, 0) is 0 Å². The van der Waals surface area contributed by atoms with Crippen LogP contribution in [-0.4, -0.2) is 24.0 Å². The van der Waals surface area contributed by atoms with Crippen LogP contribution in [0.25, 0.3) is 11.1 Å². The lowest BCUT2D eigenvalue weighted by Crippen LogP contribution is -2.09. The highest BCUT2D eigenvalue weighted by Gasteiger charge is 2.22. The molecule has 0 radical (unpaired) electrons. The molecule has 0 spiro atoms. The molecule has 0 saturated carbocycles. The number of carboxylic acid groups (broad SMARTS) is 1. The molecule has 0 heterocycles. The first-order valence-electron chi connectivity index (χ1n) is 6.07. The smallest absolute Gasteiger partial charge is 0.336 e. The number of hydrogen-bond acceptors (Lipinski definition) is 3. The molecular weight excluding hydrogens is 256 g/mol. The summed E-state index contributed by atoms with van der Waals surface area (Å²) in [5.74, 6) is -0.957. The Kier molecular flexibility index (Phi) is 3.84. The summed E-state index contributed by atoms with van der Waals surface area (Å²) in [6, 6.07) is 12.1. The minimum absolute atomic E-state index is 0.0165. The summed E-state index contributed by atoms with van der Waals surface area (Å²) in [5, 5.41) is 9.26. The second kappa shape index (κ2) is 5.57. The molecule has 0 amide bonds. The average Bonchev–Trinajstić information content (AvgIpc) is 2.46. The van der Waals surface area contributed by atoms with Gasteiger partial charge in [-0.3, -0.25) is 4.79 Å². The fourth-order valence-electron chi connectivity index (χ4n) is 2.19. The summed E-state index contributed by atoms with van der Waals surface area (Å²) in [7, 11) is 1.49. The van der Waals surface area contributed by atoms with Crippen LogP contribution >= 0.6 is 0 Å². The van der Waals surface area contributed by atoms with E-state index < -0.39 is 5.97 Å². The summed E-state index contributed by atoms with van der Waals surface area (Å²) in [6.07, 6.45) is 0. The Hall–Kier alpha value is -2.62. The first-order chi connectivity index (χ1) is 9.56. The maximum atomic E-state index is 11.9. The van der Waals surface area contributed by atoms with Gasteiger partial charge in [0.25, 0.3) is 0 Å². The molecule has 102 valence electrons. The van der Waals surface area contributed by atoms with Gasteiger partial charge in [-0.05, 0) is 24.6 Å². The number of hydrogen-bond donors (Lipinski definition) is 1. The molecule has 20 heavy (non-hydrogen) atoms. The van der Waals surface area contributed by atoms with Crippen LogP contribution in [0.15, 0.2) is 42.5 Å². The van der Waals surface area contributed by atoms with E-state index >= 15 is 0 Å². The van der Waals surface area contributed by atoms with Crippen molar-refractivity contribution < 1.29 is 19.4 Å². The number of carbonyl (C=O) groups excluding carboxylic acids is 1. The summed E-state index contributed by atoms with van der Waals surface area (Å²) in [5.41, 5.74) is 1.42. The SMILES string of the molecule is COc1ccc(C(=O)O)c(C(C)=O)c1-c1ccccc1. The average molecular weight is 270 g/mol. The van der Waals surface area contributed by atoms with Crippen LogP contribution in [0.4, 0.5) is 0 Å². The van der Waals surface area contributed by atoms with Crippen molar-refractivity contribution in [1.82, 2.24) is 0 Å². The van der Waals surface area contributed by atoms with E-state index in [1.165, 1.54) is 20.1 Å². The number of rotatable bonds is 4. The fraction of sp³-hybridized carbons (Fsp3) is 0.125. The Morgan fingerprint density at radius 3 is 2.20 bits per heavy atom. The second-order valence-electron chi connectivity index (χ2n) is 4.29. The Bertz CT molecular complexity index is 660. The number of ketones is 1. The van der Waals surface area contributed by atoms with Gasteiger partial charge in [0.15, 0.2) is 5.78 Å². The molecule has 0 aliphatic carbocycles. The van der Waals surface area contributed by atoms with Crippen LogP contribution < -0.4 is 4.74 Å². The first kappa shape index (κ1) is 13.8. The lowest BCUT2D eigenvalue weighted by Gasteiger charge is -2.15. The summed E-state index contributed by atoms with van der Waals surface area (Å²) >= 11 is 0. The quantitative estimate of drug-likeness (QED) is 0.866. The van der Waals surface area contributed by atoms with Gasteiger partial charge in [0.1, 0.15) is 5.75 Å². The number of benzene rings is 2. The fourth-order valence-corrected chi connectivity index (χ4v) is 2.19. The molecule has 0 aliphatic rings. The predicted molar refractivity (Wildman–Crippen MR) is 75.4 cm³/mol. The van der Waals surface area contributed by atoms with Crippen molar-refractivity contribution in [3.8, 4) is 16.9 Å². The van der Waals surface area contributed by atoms with Crippen LogP contribution in [0.3, 0.4) is 0 Å². The third-order valence-electron chi connectivity index (χ3n) is 3.03. The van der Waals surface area contributed by atoms with Gasteiger partial charge in [-0.25, -0.2) is 4.79 Å². The molecule has 0 aromatic heterocycles. The number of carboxylic acids is 1. The summed E-state index contributed by atoms with van der Waals surface area (Å²) in [6.45, 7) is 1.35. The van der Waals surface area contributed by atoms with E-state index in [1.54, 1.807) is 6.07 Å². The Morgan fingerprint density at radius 1 is 1.05 bits per heavy atom. The molecule has 4 heteroatoms. The van der Waals surface area contributed by atoms with E-state index in [-0.39, 0.29) is 16.9 Å². The Balaban J connectivity index is 2.85. The van der Waals surface area contributed by atoms with Crippen molar-refractivity contribution >= 4 is 11.8 Å². The zero-order valence-corrected chi connectivity index (χ0v) is 11.2. The first-order valence-corrected chi connectivity index (χ1v) is 6.07. The molecule has 0 bridgehead atoms. The molecule has 1 N–H and O–H groups in total. The highest BCUT2D eigenvalue weighted by atomic mass is 16.5. The van der Waals surface area contributed by atoms with E-state index in [2.05, 4.69) is 0 Å². The largest absolute Gasteiger partial charge is 0.496 e. The van der Waals surface area contributed by atoms with Crippen molar-refractivity contribution in [1.29, 1.82) is 0 Å². The molecule has 0 atom stereocenters. The maximum Gasteiger partial charge on any atom is 0.336 e. The lowest BCUT2D eigenvalue weighted by molar-refractivity contribution is 0.0692. The minimum Gasteiger partial charge on any atom is -0.496 e. The standard InChI is InChI=1S/C16H14O4/c1-10(17)14-12(16(18)19)8-9-13(20-2)15(14)11-6-4-3-5-7-11/h3-9H,1-2H3,(H,18,19). The van der Waals surface area contributed by atoms with E-state index in [9.17, 15) is 14.7 Å². The van der Waals surface area contributed by atoms with Gasteiger partial charge in [0, 0.05) is 11.1 Å². The molecule has 2 aromatic carbocycles. The van der Waals surface area contributed by atoms with Gasteiger partial charge in [0.2, 0.25) is 0 Å². The van der Waals surface area contributed by atoms with Gasteiger partial charge in [-0.2, -0.15) is 0 Å². The van der Waals surface area contributed by atoms with E-state index in [1.807, 2.05) is 30.3 Å². The zero-order chi connectivity index (χ0) is 14.7. The molecule has 0 aliphatic heterocycles. The topological polar surface area (TPSA) is 63.6 Å². The van der Waals surface area contributed by atoms with Gasteiger partial charge in [0.05, 0.1) is 12.7 Å². The highest BCUT2D eigenvalue weighted by molar-refractivity contribution is 6.10. The van der Waals surface area contributed by atoms with Crippen LogP contribution in [0, 0.1) is 0 Å². The van der Waals surface area contributed by atoms with Crippen molar-refractivity contribution in [3.05, 3.63) is 53.6 Å². The molecule has 0 saturated heterocycles. The molecule has 2 aromatic rings. The summed E-state index contributed by atoms with van der Waals surface area (Å²) in [4.78, 5) is 23.2. The predicted octanol–water partition coefficient (Wildman–Crippen LogP) is 3.26. The minimum atomic E-state index is -1.13. The normalized spacial score (nSPS) is 10.1. The highest BCUT2D eigenvalue weighted by Crippen LogP contribution is 2.35. The zero-order valence-electron chi connectivity index (χ0n) is 11.2. The van der Waals surface area contributed by atoms with Gasteiger partial charge in [-0.1, -0.05) is 30.3 Å². The van der Waals surface area contributed by atoms with E-state index in [0.717, 1.165) is 5.56 Å². The van der Waals surface area contributed by atoms with Crippen molar-refractivity contribution in [3.63, 3.8) is 0 Å². The third kappa shape index (κ3) is 2.40. The van der Waals surface area contributed by atoms with E-state index in [4.69, 9.17) is 4.74 Å².